The van der Waals surface area contributed by atoms with Crippen LogP contribution in [0.4, 0.5) is 0 Å². The molecule has 38 heavy (non-hydrogen) atoms. The lowest BCUT2D eigenvalue weighted by Gasteiger charge is -2.22. The fourth-order valence-electron chi connectivity index (χ4n) is 3.89. The highest BCUT2D eigenvalue weighted by molar-refractivity contribution is 5.71. The summed E-state index contributed by atoms with van der Waals surface area (Å²) in [6.45, 7) is 8.67. The number of aromatic nitrogens is 2. The number of amides is 1. The Bertz CT molecular complexity index is 989. The molecular weight excluding hydrogens is 474 g/mol. The first-order valence-corrected chi connectivity index (χ1v) is 13.3. The van der Waals surface area contributed by atoms with E-state index < -0.39 is 0 Å². The maximum absolute atomic E-state index is 9.06. The number of nitrogens with one attached hydrogen (secondary N) is 2. The summed E-state index contributed by atoms with van der Waals surface area (Å²) in [7, 11) is 9.85. The van der Waals surface area contributed by atoms with Crippen LogP contribution in [0.2, 0.25) is 0 Å². The normalized spacial score (nSPS) is 17.0. The van der Waals surface area contributed by atoms with Gasteiger partial charge in [-0.05, 0) is 98.9 Å². The summed E-state index contributed by atoms with van der Waals surface area (Å²) in [5, 5.41) is 2.25. The van der Waals surface area contributed by atoms with Crippen LogP contribution in [0.25, 0.3) is 5.57 Å². The number of methoxy groups -OCH3 is 1. The van der Waals surface area contributed by atoms with Gasteiger partial charge in [0.1, 0.15) is 11.6 Å². The molecule has 4 rings (SSSR count). The van der Waals surface area contributed by atoms with E-state index in [0.717, 1.165) is 41.0 Å². The Balaban J connectivity index is 0.000000284. The molecule has 2 heterocycles. The van der Waals surface area contributed by atoms with Crippen molar-refractivity contribution < 1.29 is 9.53 Å². The Morgan fingerprint density at radius 2 is 1.76 bits per heavy atom. The number of likely N-dealkylation sites (tertiary alicyclic amines) is 1. The second-order valence-corrected chi connectivity index (χ2v) is 9.75. The molecule has 1 atom stereocenters. The van der Waals surface area contributed by atoms with Crippen molar-refractivity contribution in [3.63, 3.8) is 0 Å². The van der Waals surface area contributed by atoms with E-state index in [9.17, 15) is 0 Å². The minimum Gasteiger partial charge on any atom is -0.497 e. The smallest absolute Gasteiger partial charge is 0.206 e. The molecular formula is C31H49N5O2. The average molecular weight is 524 g/mol. The Labute approximate surface area is 230 Å². The van der Waals surface area contributed by atoms with Crippen molar-refractivity contribution in [1.82, 2.24) is 25.1 Å². The summed E-state index contributed by atoms with van der Waals surface area (Å²) in [6.07, 6.45) is 13.7. The topological polar surface area (TPSA) is 73.5 Å². The van der Waals surface area contributed by atoms with Crippen molar-refractivity contribution in [2.24, 2.45) is 0 Å². The molecule has 1 fully saturated rings. The highest BCUT2D eigenvalue weighted by Crippen LogP contribution is 2.19. The zero-order chi connectivity index (χ0) is 28.3. The molecule has 7 heteroatoms. The van der Waals surface area contributed by atoms with E-state index in [4.69, 9.17) is 9.53 Å². The fourth-order valence-corrected chi connectivity index (χ4v) is 3.89. The Hall–Kier alpha value is -3.16. The van der Waals surface area contributed by atoms with Gasteiger partial charge in [-0.15, -0.1) is 0 Å². The Kier molecular flexibility index (Phi) is 16.4. The van der Waals surface area contributed by atoms with Gasteiger partial charge in [-0.2, -0.15) is 0 Å². The molecule has 1 saturated heterocycles. The largest absolute Gasteiger partial charge is 0.497 e. The molecule has 1 aliphatic carbocycles. The van der Waals surface area contributed by atoms with Crippen LogP contribution in [-0.4, -0.2) is 80.6 Å². The number of ether oxygens (including phenoxy) is 1. The van der Waals surface area contributed by atoms with Gasteiger partial charge in [0, 0.05) is 24.4 Å². The molecule has 2 N–H and O–H groups in total. The first kappa shape index (κ1) is 32.9. The van der Waals surface area contributed by atoms with E-state index in [-0.39, 0.29) is 0 Å². The van der Waals surface area contributed by atoms with Crippen LogP contribution < -0.4 is 5.32 Å². The molecule has 2 aliphatic rings. The number of hydrogen-bond donors (Lipinski definition) is 2. The summed E-state index contributed by atoms with van der Waals surface area (Å²) in [5.41, 5.74) is 4.60. The third-order valence-electron chi connectivity index (χ3n) is 6.43. The number of carbonyl (C=O) groups is 1. The first-order valence-electron chi connectivity index (χ1n) is 13.3. The minimum absolute atomic E-state index is 0.625. The third-order valence-corrected chi connectivity index (χ3v) is 6.43. The van der Waals surface area contributed by atoms with Gasteiger partial charge in [-0.3, -0.25) is 4.79 Å². The van der Waals surface area contributed by atoms with Gasteiger partial charge in [0.2, 0.25) is 6.41 Å². The Morgan fingerprint density at radius 3 is 2.26 bits per heavy atom. The van der Waals surface area contributed by atoms with E-state index in [2.05, 4.69) is 71.4 Å². The minimum atomic E-state index is 0.625. The summed E-state index contributed by atoms with van der Waals surface area (Å²) in [4.78, 5) is 21.6. The van der Waals surface area contributed by atoms with Crippen LogP contribution in [-0.2, 0) is 9.53 Å². The van der Waals surface area contributed by atoms with Gasteiger partial charge in [0.25, 0.3) is 0 Å². The van der Waals surface area contributed by atoms with Crippen molar-refractivity contribution in [2.45, 2.75) is 52.5 Å². The lowest BCUT2D eigenvalue weighted by atomic mass is 10.1. The van der Waals surface area contributed by atoms with Crippen LogP contribution >= 0.6 is 0 Å². The van der Waals surface area contributed by atoms with Crippen LogP contribution in [0.5, 0.6) is 0 Å². The summed E-state index contributed by atoms with van der Waals surface area (Å²) >= 11 is 0. The van der Waals surface area contributed by atoms with Gasteiger partial charge in [0.15, 0.2) is 0 Å². The van der Waals surface area contributed by atoms with Crippen LogP contribution in [0.3, 0.4) is 0 Å². The molecule has 1 aromatic heterocycles. The van der Waals surface area contributed by atoms with Crippen molar-refractivity contribution in [3.8, 4) is 0 Å². The molecule has 1 amide bonds. The van der Waals surface area contributed by atoms with E-state index in [1.54, 1.807) is 14.2 Å². The summed E-state index contributed by atoms with van der Waals surface area (Å²) in [5.74, 6) is 1.82. The van der Waals surface area contributed by atoms with Gasteiger partial charge in [-0.25, -0.2) is 4.98 Å². The predicted octanol–water partition coefficient (Wildman–Crippen LogP) is 5.29. The number of allylic oxidation sites excluding steroid dienone is 5. The number of benzene rings is 1. The first-order chi connectivity index (χ1) is 18.2. The van der Waals surface area contributed by atoms with Gasteiger partial charge >= 0.3 is 0 Å². The van der Waals surface area contributed by atoms with Gasteiger partial charge in [-0.1, -0.05) is 42.0 Å². The standard InChI is InChI=1S/C13H16N2O.C9H20N2.C7H8.C2H5NO/c1-9-10(2)15-13(14-9)11-5-4-6-12(16-3)8-7-11;1-10(2)9-5-4-7-11(3)8-6-9;1-7-5-3-2-4-6-7;1-3-2-4/h5-8H,4H2,1-3H3,(H,14,15);9H,4-8H2,1-3H3;2-6H,1H3;2H,1H3,(H,3,4). The molecule has 2 aromatic rings. The second kappa shape index (κ2) is 19.0. The third kappa shape index (κ3) is 13.4. The lowest BCUT2D eigenvalue weighted by Crippen LogP contribution is -2.28. The molecule has 1 unspecified atom stereocenters. The highest BCUT2D eigenvalue weighted by Gasteiger charge is 2.15. The Morgan fingerprint density at radius 1 is 1.08 bits per heavy atom. The van der Waals surface area contributed by atoms with Gasteiger partial charge < -0.3 is 24.8 Å². The van der Waals surface area contributed by atoms with Crippen molar-refractivity contribution >= 4 is 12.0 Å². The molecule has 1 aliphatic heterocycles. The van der Waals surface area contributed by atoms with Crippen molar-refractivity contribution in [2.75, 3.05) is 48.4 Å². The number of H-pyrrole nitrogens is 1. The van der Waals surface area contributed by atoms with Crippen molar-refractivity contribution in [3.05, 3.63) is 83.2 Å². The number of hydrogen-bond acceptors (Lipinski definition) is 5. The molecule has 0 spiro atoms. The number of aryl methyl sites for hydroxylation is 3. The number of aromatic amines is 1. The molecule has 0 radical (unpaired) electrons. The molecule has 0 saturated carbocycles. The highest BCUT2D eigenvalue weighted by atomic mass is 16.5. The number of rotatable bonds is 4. The van der Waals surface area contributed by atoms with Gasteiger partial charge in [0.05, 0.1) is 12.8 Å². The molecule has 210 valence electrons. The maximum Gasteiger partial charge on any atom is 0.206 e. The fraction of sp³-hybridized carbons (Fsp3) is 0.484. The number of nitrogens with zero attached hydrogens (tertiary/aromatic N) is 3. The summed E-state index contributed by atoms with van der Waals surface area (Å²) in [6, 6.07) is 11.1. The molecule has 1 aromatic carbocycles. The van der Waals surface area contributed by atoms with Crippen molar-refractivity contribution in [1.29, 1.82) is 0 Å². The average Bonchev–Trinajstić information content (AvgIpc) is 3.10. The van der Waals surface area contributed by atoms with Crippen LogP contribution in [0, 0.1) is 20.8 Å². The monoisotopic (exact) mass is 523 g/mol. The van der Waals surface area contributed by atoms with E-state index in [0.29, 0.717) is 6.41 Å². The van der Waals surface area contributed by atoms with Crippen LogP contribution in [0.15, 0.2) is 60.4 Å². The molecule has 7 nitrogen and oxygen atoms in total. The zero-order valence-electron chi connectivity index (χ0n) is 24.8. The summed E-state index contributed by atoms with van der Waals surface area (Å²) < 4.78 is 5.19. The SMILES string of the molecule is CN1CCCC(N(C)C)CC1.CNC=O.COC1=CCC=C(c2nc(C)c(C)[nH]2)C=C1.Cc1ccccc1. The number of imidazole rings is 1. The van der Waals surface area contributed by atoms with Crippen LogP contribution in [0.1, 0.15) is 48.5 Å². The lowest BCUT2D eigenvalue weighted by molar-refractivity contribution is -0.109. The van der Waals surface area contributed by atoms with E-state index >= 15 is 0 Å². The predicted molar refractivity (Wildman–Crippen MR) is 160 cm³/mol. The number of carbonyl (C=O) groups excluding carboxylic acids is 1. The second-order valence-electron chi connectivity index (χ2n) is 9.75. The van der Waals surface area contributed by atoms with E-state index in [1.807, 2.05) is 50.3 Å². The van der Waals surface area contributed by atoms with E-state index in [1.165, 1.54) is 37.9 Å². The maximum atomic E-state index is 9.06. The quantitative estimate of drug-likeness (QED) is 0.533. The molecule has 0 bridgehead atoms. The zero-order valence-corrected chi connectivity index (χ0v) is 24.8.